The minimum atomic E-state index is -0.271. The van der Waals surface area contributed by atoms with Crippen LogP contribution < -0.4 is 4.74 Å². The molecule has 23 heavy (non-hydrogen) atoms. The number of benzene rings is 2. The van der Waals surface area contributed by atoms with Crippen LogP contribution in [0.5, 0.6) is 5.75 Å². The first-order chi connectivity index (χ1) is 11.1. The highest BCUT2D eigenvalue weighted by Crippen LogP contribution is 2.34. The molecule has 1 unspecified atom stereocenters. The molecule has 1 aliphatic heterocycles. The second kappa shape index (κ2) is 5.88. The largest absolute Gasteiger partial charge is 0.496 e. The molecule has 0 aliphatic carbocycles. The topological polar surface area (TPSA) is 46.6 Å². The summed E-state index contributed by atoms with van der Waals surface area (Å²) < 4.78 is 5.28. The maximum absolute atomic E-state index is 12.7. The van der Waals surface area contributed by atoms with Gasteiger partial charge in [-0.15, -0.1) is 0 Å². The van der Waals surface area contributed by atoms with Gasteiger partial charge in [0.1, 0.15) is 5.75 Å². The van der Waals surface area contributed by atoms with Crippen molar-refractivity contribution in [3.63, 3.8) is 0 Å². The maximum atomic E-state index is 12.7. The van der Waals surface area contributed by atoms with Crippen LogP contribution in [0.2, 0.25) is 0 Å². The van der Waals surface area contributed by atoms with Crippen molar-refractivity contribution in [1.29, 1.82) is 0 Å². The summed E-state index contributed by atoms with van der Waals surface area (Å²) in [6.07, 6.45) is 0.664. The summed E-state index contributed by atoms with van der Waals surface area (Å²) in [6.45, 7) is 3.94. The standard InChI is InChI=1S/C19H19NO3/c1-4-16(13-9-10-17(23-3)12(2)11-13)20-18(21)14-7-5-6-8-15(14)19(20)22/h5-11,16H,4H2,1-3H3. The molecule has 2 amide bonds. The first-order valence-corrected chi connectivity index (χ1v) is 7.70. The average molecular weight is 309 g/mol. The molecule has 3 rings (SSSR count). The molecule has 2 aromatic carbocycles. The highest BCUT2D eigenvalue weighted by molar-refractivity contribution is 6.21. The first kappa shape index (κ1) is 15.3. The fourth-order valence-electron chi connectivity index (χ4n) is 3.17. The third kappa shape index (κ3) is 2.40. The maximum Gasteiger partial charge on any atom is 0.262 e. The zero-order valence-electron chi connectivity index (χ0n) is 13.5. The summed E-state index contributed by atoms with van der Waals surface area (Å²) >= 11 is 0. The van der Waals surface area contributed by atoms with Gasteiger partial charge in [-0.1, -0.05) is 31.2 Å². The Balaban J connectivity index is 2.01. The molecule has 118 valence electrons. The predicted octanol–water partition coefficient (Wildman–Crippen LogP) is 3.75. The molecule has 0 N–H and O–H groups in total. The van der Waals surface area contributed by atoms with Crippen LogP contribution in [0.4, 0.5) is 0 Å². The highest BCUT2D eigenvalue weighted by Gasteiger charge is 2.39. The number of nitrogens with zero attached hydrogens (tertiary/aromatic N) is 1. The fraction of sp³-hybridized carbons (Fsp3) is 0.263. The third-order valence-electron chi connectivity index (χ3n) is 4.33. The zero-order valence-corrected chi connectivity index (χ0v) is 13.5. The van der Waals surface area contributed by atoms with Crippen LogP contribution in [0.3, 0.4) is 0 Å². The Morgan fingerprint density at radius 1 is 1.04 bits per heavy atom. The summed E-state index contributed by atoms with van der Waals surface area (Å²) in [4.78, 5) is 26.7. The number of hydrogen-bond acceptors (Lipinski definition) is 3. The van der Waals surface area contributed by atoms with Crippen LogP contribution in [-0.4, -0.2) is 23.8 Å². The number of rotatable bonds is 4. The minimum absolute atomic E-state index is 0.217. The van der Waals surface area contributed by atoms with Crippen molar-refractivity contribution in [2.24, 2.45) is 0 Å². The first-order valence-electron chi connectivity index (χ1n) is 7.70. The number of imide groups is 1. The van der Waals surface area contributed by atoms with Gasteiger partial charge in [0.05, 0.1) is 24.3 Å². The van der Waals surface area contributed by atoms with Crippen LogP contribution in [0.25, 0.3) is 0 Å². The summed E-state index contributed by atoms with van der Waals surface area (Å²) in [5.74, 6) is 0.364. The molecule has 1 aliphatic rings. The number of carbonyl (C=O) groups excluding carboxylic acids is 2. The molecule has 0 saturated carbocycles. The van der Waals surface area contributed by atoms with E-state index in [1.165, 1.54) is 4.90 Å². The number of ether oxygens (including phenoxy) is 1. The van der Waals surface area contributed by atoms with Crippen molar-refractivity contribution >= 4 is 11.8 Å². The lowest BCUT2D eigenvalue weighted by molar-refractivity contribution is 0.0577. The monoisotopic (exact) mass is 309 g/mol. The quantitative estimate of drug-likeness (QED) is 0.808. The van der Waals surface area contributed by atoms with E-state index in [-0.39, 0.29) is 17.9 Å². The van der Waals surface area contributed by atoms with Gasteiger partial charge in [0.2, 0.25) is 0 Å². The molecule has 2 aromatic rings. The smallest absolute Gasteiger partial charge is 0.262 e. The zero-order chi connectivity index (χ0) is 16.6. The van der Waals surface area contributed by atoms with Crippen molar-refractivity contribution in [2.75, 3.05) is 7.11 Å². The van der Waals surface area contributed by atoms with Gasteiger partial charge in [0.25, 0.3) is 11.8 Å². The van der Waals surface area contributed by atoms with Gasteiger partial charge in [-0.3, -0.25) is 14.5 Å². The van der Waals surface area contributed by atoms with Crippen LogP contribution in [0.15, 0.2) is 42.5 Å². The lowest BCUT2D eigenvalue weighted by atomic mass is 10.00. The number of hydrogen-bond donors (Lipinski definition) is 0. The molecule has 0 aromatic heterocycles. The van der Waals surface area contributed by atoms with Gasteiger partial charge in [0.15, 0.2) is 0 Å². The van der Waals surface area contributed by atoms with Gasteiger partial charge in [-0.25, -0.2) is 0 Å². The van der Waals surface area contributed by atoms with Gasteiger partial charge in [0, 0.05) is 0 Å². The SMILES string of the molecule is CCC(c1ccc(OC)c(C)c1)N1C(=O)c2ccccc2C1=O. The normalized spacial score (nSPS) is 14.8. The minimum Gasteiger partial charge on any atom is -0.496 e. The number of methoxy groups -OCH3 is 1. The van der Waals surface area contributed by atoms with E-state index in [1.54, 1.807) is 31.4 Å². The van der Waals surface area contributed by atoms with Crippen molar-refractivity contribution in [3.8, 4) is 5.75 Å². The lowest BCUT2D eigenvalue weighted by Gasteiger charge is -2.26. The average Bonchev–Trinajstić information content (AvgIpc) is 2.81. The van der Waals surface area contributed by atoms with Crippen molar-refractivity contribution < 1.29 is 14.3 Å². The molecule has 4 nitrogen and oxygen atoms in total. The molecule has 0 bridgehead atoms. The number of fused-ring (bicyclic) bond motifs is 1. The Bertz CT molecular complexity index is 747. The summed E-state index contributed by atoms with van der Waals surface area (Å²) in [5, 5.41) is 0. The Labute approximate surface area is 135 Å². The van der Waals surface area contributed by atoms with Gasteiger partial charge in [-0.2, -0.15) is 0 Å². The molecule has 1 heterocycles. The molecule has 0 fully saturated rings. The Morgan fingerprint density at radius 3 is 2.13 bits per heavy atom. The van der Waals surface area contributed by atoms with Gasteiger partial charge < -0.3 is 4.74 Å². The summed E-state index contributed by atoms with van der Waals surface area (Å²) in [5.41, 5.74) is 2.91. The van der Waals surface area contributed by atoms with E-state index in [0.29, 0.717) is 17.5 Å². The predicted molar refractivity (Wildman–Crippen MR) is 87.7 cm³/mol. The van der Waals surface area contributed by atoms with E-state index in [2.05, 4.69) is 0 Å². The highest BCUT2D eigenvalue weighted by atomic mass is 16.5. The van der Waals surface area contributed by atoms with E-state index in [0.717, 1.165) is 16.9 Å². The van der Waals surface area contributed by atoms with E-state index < -0.39 is 0 Å². The van der Waals surface area contributed by atoms with Crippen molar-refractivity contribution in [2.45, 2.75) is 26.3 Å². The van der Waals surface area contributed by atoms with Crippen LogP contribution >= 0.6 is 0 Å². The lowest BCUT2D eigenvalue weighted by Crippen LogP contribution is -2.33. The molecular weight excluding hydrogens is 290 g/mol. The van der Waals surface area contributed by atoms with Gasteiger partial charge >= 0.3 is 0 Å². The third-order valence-corrected chi connectivity index (χ3v) is 4.33. The number of amides is 2. The summed E-state index contributed by atoms with van der Waals surface area (Å²) in [6, 6.07) is 12.5. The van der Waals surface area contributed by atoms with E-state index in [4.69, 9.17) is 4.74 Å². The molecule has 1 atom stereocenters. The molecule has 4 heteroatoms. The van der Waals surface area contributed by atoms with Crippen LogP contribution in [0, 0.1) is 6.92 Å². The van der Waals surface area contributed by atoms with E-state index in [1.807, 2.05) is 32.0 Å². The Hall–Kier alpha value is -2.62. The van der Waals surface area contributed by atoms with Crippen molar-refractivity contribution in [1.82, 2.24) is 4.90 Å². The molecule has 0 saturated heterocycles. The molecule has 0 spiro atoms. The summed E-state index contributed by atoms with van der Waals surface area (Å²) in [7, 11) is 1.63. The van der Waals surface area contributed by atoms with E-state index in [9.17, 15) is 9.59 Å². The van der Waals surface area contributed by atoms with Gasteiger partial charge in [-0.05, 0) is 42.7 Å². The Kier molecular flexibility index (Phi) is 3.90. The van der Waals surface area contributed by atoms with E-state index >= 15 is 0 Å². The molecular formula is C19H19NO3. The molecule has 0 radical (unpaired) electrons. The second-order valence-corrected chi connectivity index (χ2v) is 5.68. The number of carbonyl (C=O) groups is 2. The Morgan fingerprint density at radius 2 is 1.65 bits per heavy atom. The van der Waals surface area contributed by atoms with Crippen LogP contribution in [0.1, 0.15) is 51.2 Å². The van der Waals surface area contributed by atoms with Crippen molar-refractivity contribution in [3.05, 3.63) is 64.7 Å². The second-order valence-electron chi connectivity index (χ2n) is 5.68. The van der Waals surface area contributed by atoms with Crippen LogP contribution in [-0.2, 0) is 0 Å². The fourth-order valence-corrected chi connectivity index (χ4v) is 3.17. The number of aryl methyl sites for hydroxylation is 1.